The van der Waals surface area contributed by atoms with Crippen molar-refractivity contribution < 1.29 is 4.79 Å². The van der Waals surface area contributed by atoms with E-state index in [4.69, 9.17) is 0 Å². The highest BCUT2D eigenvalue weighted by molar-refractivity contribution is 5.91. The van der Waals surface area contributed by atoms with Gasteiger partial charge in [-0.05, 0) is 51.6 Å². The molecule has 4 rings (SSSR count). The van der Waals surface area contributed by atoms with Crippen molar-refractivity contribution in [2.24, 2.45) is 0 Å². The summed E-state index contributed by atoms with van der Waals surface area (Å²) in [5, 5.41) is 0. The smallest absolute Gasteiger partial charge is 0.233 e. The predicted octanol–water partition coefficient (Wildman–Crippen LogP) is 2.72. The van der Waals surface area contributed by atoms with Crippen LogP contribution in [0.2, 0.25) is 0 Å². The van der Waals surface area contributed by atoms with E-state index in [0.717, 1.165) is 32.4 Å². The summed E-state index contributed by atoms with van der Waals surface area (Å²) in [4.78, 5) is 17.8. The number of nitrogens with zero attached hydrogens (tertiary/aromatic N) is 2. The van der Waals surface area contributed by atoms with Crippen molar-refractivity contribution in [2.75, 3.05) is 26.7 Å². The topological polar surface area (TPSA) is 23.6 Å². The standard InChI is InChI=1S/C19H26N2O/c1-15-4-6-16(7-5-15)19(9-10-19)17(22)21-12-3-8-18(14-21)11-13-20(18)2/h4-7H,3,8-14H2,1-2H3/t18-/m0/s1. The Morgan fingerprint density at radius 1 is 1.05 bits per heavy atom. The second-order valence-electron chi connectivity index (χ2n) is 7.67. The second kappa shape index (κ2) is 4.82. The lowest BCUT2D eigenvalue weighted by Crippen LogP contribution is -2.66. The van der Waals surface area contributed by atoms with Crippen LogP contribution in [0.3, 0.4) is 0 Å². The number of hydrogen-bond donors (Lipinski definition) is 0. The first kappa shape index (κ1) is 14.3. The zero-order valence-electron chi connectivity index (χ0n) is 13.8. The van der Waals surface area contributed by atoms with Gasteiger partial charge in [-0.2, -0.15) is 0 Å². The average molecular weight is 298 g/mol. The summed E-state index contributed by atoms with van der Waals surface area (Å²) in [7, 11) is 2.21. The van der Waals surface area contributed by atoms with E-state index in [9.17, 15) is 4.79 Å². The number of carbonyl (C=O) groups excluding carboxylic acids is 1. The molecule has 3 aliphatic rings. The number of likely N-dealkylation sites (tertiary alicyclic amines) is 2. The minimum Gasteiger partial charge on any atom is -0.340 e. The van der Waals surface area contributed by atoms with Crippen LogP contribution in [0.15, 0.2) is 24.3 Å². The number of likely N-dealkylation sites (N-methyl/N-ethyl adjacent to an activating group) is 1. The van der Waals surface area contributed by atoms with Crippen molar-refractivity contribution in [3.05, 3.63) is 35.4 Å². The lowest BCUT2D eigenvalue weighted by Gasteiger charge is -2.56. The predicted molar refractivity (Wildman–Crippen MR) is 87.9 cm³/mol. The van der Waals surface area contributed by atoms with Gasteiger partial charge in [-0.1, -0.05) is 29.8 Å². The molecular weight excluding hydrogens is 272 g/mol. The highest BCUT2D eigenvalue weighted by Crippen LogP contribution is 2.50. The summed E-state index contributed by atoms with van der Waals surface area (Å²) < 4.78 is 0. The first-order valence-corrected chi connectivity index (χ1v) is 8.64. The van der Waals surface area contributed by atoms with Crippen molar-refractivity contribution >= 4 is 5.91 Å². The molecule has 22 heavy (non-hydrogen) atoms. The molecule has 3 fully saturated rings. The van der Waals surface area contributed by atoms with Crippen LogP contribution in [-0.4, -0.2) is 47.9 Å². The van der Waals surface area contributed by atoms with Gasteiger partial charge in [-0.25, -0.2) is 0 Å². The van der Waals surface area contributed by atoms with Crippen LogP contribution in [0.1, 0.15) is 43.2 Å². The van der Waals surface area contributed by atoms with E-state index in [0.29, 0.717) is 5.91 Å². The van der Waals surface area contributed by atoms with E-state index < -0.39 is 0 Å². The minimum atomic E-state index is -0.200. The minimum absolute atomic E-state index is 0.200. The summed E-state index contributed by atoms with van der Waals surface area (Å²) >= 11 is 0. The SMILES string of the molecule is Cc1ccc(C2(C(=O)N3CCC[C@]4(CCN4C)C3)CC2)cc1. The van der Waals surface area contributed by atoms with Gasteiger partial charge in [-0.3, -0.25) is 9.69 Å². The first-order valence-electron chi connectivity index (χ1n) is 8.64. The Hall–Kier alpha value is -1.35. The number of amides is 1. The Morgan fingerprint density at radius 2 is 1.77 bits per heavy atom. The van der Waals surface area contributed by atoms with Gasteiger partial charge in [0.05, 0.1) is 5.41 Å². The largest absolute Gasteiger partial charge is 0.340 e. The molecule has 3 heteroatoms. The average Bonchev–Trinajstić information content (AvgIpc) is 3.35. The third-order valence-electron chi connectivity index (χ3n) is 6.33. The van der Waals surface area contributed by atoms with Crippen molar-refractivity contribution in [3.8, 4) is 0 Å². The maximum absolute atomic E-state index is 13.2. The van der Waals surface area contributed by atoms with E-state index in [2.05, 4.69) is 48.0 Å². The molecule has 2 aliphatic heterocycles. The molecule has 0 aromatic heterocycles. The number of hydrogen-bond acceptors (Lipinski definition) is 2. The summed E-state index contributed by atoms with van der Waals surface area (Å²) in [5.41, 5.74) is 2.58. The summed E-state index contributed by atoms with van der Waals surface area (Å²) in [6.45, 7) is 5.18. The summed E-state index contributed by atoms with van der Waals surface area (Å²) in [5.74, 6) is 0.385. The van der Waals surface area contributed by atoms with Crippen LogP contribution in [0.5, 0.6) is 0 Å². The quantitative estimate of drug-likeness (QED) is 0.838. The number of carbonyl (C=O) groups is 1. The van der Waals surface area contributed by atoms with Crippen molar-refractivity contribution in [3.63, 3.8) is 0 Å². The van der Waals surface area contributed by atoms with Crippen LogP contribution in [0.4, 0.5) is 0 Å². The van der Waals surface area contributed by atoms with E-state index in [1.165, 1.54) is 30.5 Å². The Labute approximate surface area is 133 Å². The van der Waals surface area contributed by atoms with Gasteiger partial charge < -0.3 is 4.90 Å². The van der Waals surface area contributed by atoms with E-state index in [1.54, 1.807) is 0 Å². The molecule has 1 spiro atoms. The molecule has 1 aromatic rings. The Kier molecular flexibility index (Phi) is 3.12. The number of benzene rings is 1. The van der Waals surface area contributed by atoms with Gasteiger partial charge >= 0.3 is 0 Å². The molecule has 1 amide bonds. The van der Waals surface area contributed by atoms with Crippen LogP contribution in [-0.2, 0) is 10.2 Å². The molecule has 2 saturated heterocycles. The molecule has 3 nitrogen and oxygen atoms in total. The van der Waals surface area contributed by atoms with Gasteiger partial charge in [-0.15, -0.1) is 0 Å². The Balaban J connectivity index is 1.55. The highest BCUT2D eigenvalue weighted by Gasteiger charge is 2.55. The molecule has 0 radical (unpaired) electrons. The number of rotatable bonds is 2. The maximum atomic E-state index is 13.2. The third kappa shape index (κ3) is 2.02. The molecule has 1 aromatic carbocycles. The Bertz CT molecular complexity index is 590. The molecule has 2 heterocycles. The maximum Gasteiger partial charge on any atom is 0.233 e. The van der Waals surface area contributed by atoms with Crippen molar-refractivity contribution in [2.45, 2.75) is 50.0 Å². The second-order valence-corrected chi connectivity index (χ2v) is 7.67. The highest BCUT2D eigenvalue weighted by atomic mass is 16.2. The van der Waals surface area contributed by atoms with Crippen LogP contribution < -0.4 is 0 Å². The number of aryl methyl sites for hydroxylation is 1. The molecule has 1 aliphatic carbocycles. The molecule has 1 atom stereocenters. The molecule has 0 bridgehead atoms. The molecule has 0 unspecified atom stereocenters. The fourth-order valence-corrected chi connectivity index (χ4v) is 4.38. The monoisotopic (exact) mass is 298 g/mol. The molecule has 118 valence electrons. The van der Waals surface area contributed by atoms with Gasteiger partial charge in [0.2, 0.25) is 5.91 Å². The van der Waals surface area contributed by atoms with Gasteiger partial charge in [0.25, 0.3) is 0 Å². The van der Waals surface area contributed by atoms with E-state index in [1.807, 2.05) is 0 Å². The van der Waals surface area contributed by atoms with Crippen LogP contribution in [0.25, 0.3) is 0 Å². The lowest BCUT2D eigenvalue weighted by molar-refractivity contribution is -0.141. The van der Waals surface area contributed by atoms with Gasteiger partial charge in [0.15, 0.2) is 0 Å². The Morgan fingerprint density at radius 3 is 2.32 bits per heavy atom. The normalized spacial score (nSPS) is 30.2. The van der Waals surface area contributed by atoms with Crippen LogP contribution >= 0.6 is 0 Å². The molecular formula is C19H26N2O. The zero-order chi connectivity index (χ0) is 15.4. The first-order chi connectivity index (χ1) is 10.6. The van der Waals surface area contributed by atoms with Gasteiger partial charge in [0, 0.05) is 25.2 Å². The molecule has 0 N–H and O–H groups in total. The van der Waals surface area contributed by atoms with Crippen molar-refractivity contribution in [1.82, 2.24) is 9.80 Å². The van der Waals surface area contributed by atoms with Crippen LogP contribution in [0, 0.1) is 6.92 Å². The number of piperidine rings is 1. The summed E-state index contributed by atoms with van der Waals surface area (Å²) in [6.07, 6.45) is 5.71. The molecule has 1 saturated carbocycles. The van der Waals surface area contributed by atoms with E-state index >= 15 is 0 Å². The van der Waals surface area contributed by atoms with Crippen molar-refractivity contribution in [1.29, 1.82) is 0 Å². The van der Waals surface area contributed by atoms with E-state index in [-0.39, 0.29) is 11.0 Å². The van der Waals surface area contributed by atoms with Gasteiger partial charge in [0.1, 0.15) is 0 Å². The lowest BCUT2D eigenvalue weighted by atomic mass is 9.77. The fraction of sp³-hybridized carbons (Fsp3) is 0.632. The summed E-state index contributed by atoms with van der Waals surface area (Å²) in [6, 6.07) is 8.60. The fourth-order valence-electron chi connectivity index (χ4n) is 4.38. The zero-order valence-corrected chi connectivity index (χ0v) is 13.8. The third-order valence-corrected chi connectivity index (χ3v) is 6.33.